The predicted octanol–water partition coefficient (Wildman–Crippen LogP) is 1.95. The fraction of sp³-hybridized carbons (Fsp3) is 0.429. The zero-order chi connectivity index (χ0) is 15.3. The van der Waals surface area contributed by atoms with Gasteiger partial charge in [-0.2, -0.15) is 0 Å². The molecule has 1 rings (SSSR count). The Morgan fingerprint density at radius 2 is 1.70 bits per heavy atom. The maximum Gasteiger partial charge on any atom is 0.360 e. The van der Waals surface area contributed by atoms with Gasteiger partial charge in [0.25, 0.3) is 5.60 Å². The van der Waals surface area contributed by atoms with Crippen LogP contribution in [0.25, 0.3) is 0 Å². The zero-order valence-electron chi connectivity index (χ0n) is 11.7. The molecule has 2 N–H and O–H groups in total. The molecule has 0 atom stereocenters. The molecule has 1 aromatic carbocycles. The van der Waals surface area contributed by atoms with Gasteiger partial charge in [0.1, 0.15) is 11.5 Å². The lowest BCUT2D eigenvalue weighted by Crippen LogP contribution is -2.51. The number of carboxylic acids is 2. The Labute approximate surface area is 116 Å². The van der Waals surface area contributed by atoms with Gasteiger partial charge in [-0.05, 0) is 18.6 Å². The van der Waals surface area contributed by atoms with E-state index in [4.69, 9.17) is 9.47 Å². The lowest BCUT2D eigenvalue weighted by molar-refractivity contribution is -0.172. The van der Waals surface area contributed by atoms with Gasteiger partial charge in [-0.3, -0.25) is 0 Å². The van der Waals surface area contributed by atoms with Gasteiger partial charge in [-0.15, -0.1) is 0 Å². The second kappa shape index (κ2) is 6.27. The quantitative estimate of drug-likeness (QED) is 0.742. The van der Waals surface area contributed by atoms with Crippen molar-refractivity contribution in [2.24, 2.45) is 0 Å². The zero-order valence-corrected chi connectivity index (χ0v) is 11.7. The molecule has 20 heavy (non-hydrogen) atoms. The van der Waals surface area contributed by atoms with Crippen LogP contribution in [-0.4, -0.2) is 34.9 Å². The van der Waals surface area contributed by atoms with Crippen LogP contribution in [-0.2, 0) is 16.0 Å². The van der Waals surface area contributed by atoms with Crippen LogP contribution < -0.4 is 9.47 Å². The molecule has 0 aliphatic carbocycles. The van der Waals surface area contributed by atoms with Crippen molar-refractivity contribution in [1.29, 1.82) is 0 Å². The number of carboxylic acid groups (broad SMARTS) is 2. The molecule has 0 fully saturated rings. The number of aliphatic carboxylic acids is 2. The second-order valence-electron chi connectivity index (χ2n) is 4.18. The molecule has 0 aromatic heterocycles. The van der Waals surface area contributed by atoms with Crippen molar-refractivity contribution < 1.29 is 29.3 Å². The monoisotopic (exact) mass is 282 g/mol. The lowest BCUT2D eigenvalue weighted by atomic mass is 10.0. The summed E-state index contributed by atoms with van der Waals surface area (Å²) < 4.78 is 10.5. The summed E-state index contributed by atoms with van der Waals surface area (Å²) in [5, 5.41) is 18.4. The Bertz CT molecular complexity index is 494. The minimum atomic E-state index is -2.30. The van der Waals surface area contributed by atoms with E-state index in [1.165, 1.54) is 20.1 Å². The van der Waals surface area contributed by atoms with E-state index in [2.05, 4.69) is 0 Å². The molecule has 1 aromatic rings. The van der Waals surface area contributed by atoms with E-state index in [9.17, 15) is 19.8 Å². The summed E-state index contributed by atoms with van der Waals surface area (Å²) in [6.45, 7) is 3.30. The standard InChI is InChI=1S/C14H18O6/c1-4-9-10(19-3)7-6-8-11(9)20-14(5-2,12(15)16)13(17)18/h6-8H,4-5H2,1-3H3,(H,15,16)(H,17,18). The molecule has 0 bridgehead atoms. The number of methoxy groups -OCH3 is 1. The number of rotatable bonds is 7. The maximum absolute atomic E-state index is 11.3. The highest BCUT2D eigenvalue weighted by atomic mass is 16.6. The Morgan fingerprint density at radius 1 is 1.15 bits per heavy atom. The third kappa shape index (κ3) is 2.68. The van der Waals surface area contributed by atoms with Crippen LogP contribution in [0.5, 0.6) is 11.5 Å². The van der Waals surface area contributed by atoms with Crippen molar-refractivity contribution in [3.63, 3.8) is 0 Å². The van der Waals surface area contributed by atoms with Gasteiger partial charge in [-0.1, -0.05) is 19.9 Å². The van der Waals surface area contributed by atoms with Gasteiger partial charge in [-0.25, -0.2) is 9.59 Å². The largest absolute Gasteiger partial charge is 0.496 e. The molecule has 0 spiro atoms. The minimum Gasteiger partial charge on any atom is -0.496 e. The van der Waals surface area contributed by atoms with Crippen LogP contribution in [0.2, 0.25) is 0 Å². The number of benzene rings is 1. The van der Waals surface area contributed by atoms with Crippen LogP contribution >= 0.6 is 0 Å². The van der Waals surface area contributed by atoms with E-state index in [-0.39, 0.29) is 12.2 Å². The van der Waals surface area contributed by atoms with E-state index >= 15 is 0 Å². The van der Waals surface area contributed by atoms with Crippen LogP contribution in [0, 0.1) is 0 Å². The number of hydrogen-bond donors (Lipinski definition) is 2. The van der Waals surface area contributed by atoms with Gasteiger partial charge in [0.05, 0.1) is 7.11 Å². The van der Waals surface area contributed by atoms with Gasteiger partial charge in [0.15, 0.2) is 0 Å². The van der Waals surface area contributed by atoms with Crippen molar-refractivity contribution >= 4 is 11.9 Å². The molecule has 0 unspecified atom stereocenters. The van der Waals surface area contributed by atoms with E-state index in [1.54, 1.807) is 12.1 Å². The molecular formula is C14H18O6. The van der Waals surface area contributed by atoms with Crippen molar-refractivity contribution in [3.8, 4) is 11.5 Å². The maximum atomic E-state index is 11.3. The molecule has 0 heterocycles. The van der Waals surface area contributed by atoms with Crippen molar-refractivity contribution in [1.82, 2.24) is 0 Å². The highest BCUT2D eigenvalue weighted by molar-refractivity contribution is 6.02. The van der Waals surface area contributed by atoms with Gasteiger partial charge >= 0.3 is 11.9 Å². The first-order chi connectivity index (χ1) is 9.42. The first-order valence-electron chi connectivity index (χ1n) is 6.24. The van der Waals surface area contributed by atoms with Crippen LogP contribution in [0.15, 0.2) is 18.2 Å². The molecule has 6 nitrogen and oxygen atoms in total. The predicted molar refractivity (Wildman–Crippen MR) is 71.3 cm³/mol. The van der Waals surface area contributed by atoms with E-state index in [0.29, 0.717) is 17.7 Å². The summed E-state index contributed by atoms with van der Waals surface area (Å²) in [6.07, 6.45) is 0.330. The van der Waals surface area contributed by atoms with E-state index in [0.717, 1.165) is 0 Å². The summed E-state index contributed by atoms with van der Waals surface area (Å²) in [5.74, 6) is -2.32. The van der Waals surface area contributed by atoms with Crippen molar-refractivity contribution in [2.45, 2.75) is 32.3 Å². The minimum absolute atomic E-state index is 0.196. The van der Waals surface area contributed by atoms with E-state index in [1.807, 2.05) is 6.92 Å². The molecule has 0 saturated heterocycles. The lowest BCUT2D eigenvalue weighted by Gasteiger charge is -2.26. The van der Waals surface area contributed by atoms with Crippen molar-refractivity contribution in [3.05, 3.63) is 23.8 Å². The summed E-state index contributed by atoms with van der Waals surface area (Å²) in [4.78, 5) is 22.6. The SMILES string of the molecule is CCc1c(OC)cccc1OC(CC)(C(=O)O)C(=O)O. The highest BCUT2D eigenvalue weighted by Gasteiger charge is 2.48. The van der Waals surface area contributed by atoms with Crippen LogP contribution in [0.4, 0.5) is 0 Å². The molecule has 6 heteroatoms. The van der Waals surface area contributed by atoms with Gasteiger partial charge < -0.3 is 19.7 Å². The molecule has 0 saturated carbocycles. The molecule has 0 aliphatic rings. The Balaban J connectivity index is 3.32. The highest BCUT2D eigenvalue weighted by Crippen LogP contribution is 2.32. The molecule has 0 aliphatic heterocycles. The summed E-state index contributed by atoms with van der Waals surface area (Å²) >= 11 is 0. The average Bonchev–Trinajstić information content (AvgIpc) is 2.43. The fourth-order valence-electron chi connectivity index (χ4n) is 1.92. The van der Waals surface area contributed by atoms with Crippen molar-refractivity contribution in [2.75, 3.05) is 7.11 Å². The number of carbonyl (C=O) groups is 2. The van der Waals surface area contributed by atoms with Gasteiger partial charge in [0.2, 0.25) is 0 Å². The molecular weight excluding hydrogens is 264 g/mol. The fourth-order valence-corrected chi connectivity index (χ4v) is 1.92. The smallest absolute Gasteiger partial charge is 0.360 e. The Kier molecular flexibility index (Phi) is 4.96. The topological polar surface area (TPSA) is 93.1 Å². The number of ether oxygens (including phenoxy) is 2. The third-order valence-electron chi connectivity index (χ3n) is 3.14. The summed E-state index contributed by atoms with van der Waals surface area (Å²) in [6, 6.07) is 4.87. The van der Waals surface area contributed by atoms with Crippen LogP contribution in [0.3, 0.4) is 0 Å². The molecule has 0 amide bonds. The normalized spacial score (nSPS) is 10.9. The first kappa shape index (κ1) is 15.8. The second-order valence-corrected chi connectivity index (χ2v) is 4.18. The molecule has 110 valence electrons. The third-order valence-corrected chi connectivity index (χ3v) is 3.14. The molecule has 0 radical (unpaired) electrons. The summed E-state index contributed by atoms with van der Waals surface area (Å²) in [7, 11) is 1.49. The first-order valence-corrected chi connectivity index (χ1v) is 6.24. The average molecular weight is 282 g/mol. The Morgan fingerprint density at radius 3 is 2.10 bits per heavy atom. The van der Waals surface area contributed by atoms with Gasteiger partial charge in [0, 0.05) is 12.0 Å². The number of hydrogen-bond acceptors (Lipinski definition) is 4. The Hall–Kier alpha value is -2.24. The van der Waals surface area contributed by atoms with Crippen LogP contribution in [0.1, 0.15) is 25.8 Å². The summed E-state index contributed by atoms with van der Waals surface area (Å²) in [5.41, 5.74) is -1.66. The van der Waals surface area contributed by atoms with E-state index < -0.39 is 17.5 Å².